The number of hydrogen-bond acceptors (Lipinski definition) is 3. The number of nitrogen functional groups attached to an aromatic ring is 1. The number of fused-ring (bicyclic) bond motifs is 1. The van der Waals surface area contributed by atoms with E-state index in [1.54, 1.807) is 25.2 Å². The molecule has 0 spiro atoms. The van der Waals surface area contributed by atoms with Crippen LogP contribution in [0.3, 0.4) is 0 Å². The number of aromatic nitrogens is 2. The average Bonchev–Trinajstić information content (AvgIpc) is 2.12. The first-order valence-electron chi connectivity index (χ1n) is 3.90. The van der Waals surface area contributed by atoms with Crippen LogP contribution < -0.4 is 11.3 Å². The lowest BCUT2D eigenvalue weighted by atomic mass is 10.2. The molecule has 13 heavy (non-hydrogen) atoms. The zero-order chi connectivity index (χ0) is 9.42. The van der Waals surface area contributed by atoms with Crippen molar-refractivity contribution in [3.63, 3.8) is 0 Å². The van der Waals surface area contributed by atoms with E-state index in [2.05, 4.69) is 4.98 Å². The quantitative estimate of drug-likeness (QED) is 0.593. The van der Waals surface area contributed by atoms with Crippen molar-refractivity contribution in [2.24, 2.45) is 7.05 Å². The predicted octanol–water partition coefficient (Wildman–Crippen LogP) is 0.516. The van der Waals surface area contributed by atoms with Crippen molar-refractivity contribution < 1.29 is 0 Å². The number of anilines is 1. The fourth-order valence-electron chi connectivity index (χ4n) is 1.25. The first kappa shape index (κ1) is 7.79. The molecule has 0 aliphatic rings. The van der Waals surface area contributed by atoms with Crippen molar-refractivity contribution in [1.82, 2.24) is 9.55 Å². The number of rotatable bonds is 0. The van der Waals surface area contributed by atoms with Gasteiger partial charge in [-0.2, -0.15) is 0 Å². The summed E-state index contributed by atoms with van der Waals surface area (Å²) in [5.41, 5.74) is 7.64. The second-order valence-electron chi connectivity index (χ2n) is 2.90. The molecule has 0 unspecified atom stereocenters. The Morgan fingerprint density at radius 3 is 3.00 bits per heavy atom. The molecular formula is C9H9N3O. The van der Waals surface area contributed by atoms with Crippen LogP contribution >= 0.6 is 0 Å². The largest absolute Gasteiger partial charge is 0.399 e. The van der Waals surface area contributed by atoms with E-state index in [1.807, 2.05) is 0 Å². The summed E-state index contributed by atoms with van der Waals surface area (Å²) in [5.74, 6) is 0. The van der Waals surface area contributed by atoms with Crippen molar-refractivity contribution in [2.45, 2.75) is 0 Å². The van der Waals surface area contributed by atoms with Crippen molar-refractivity contribution in [2.75, 3.05) is 5.73 Å². The molecule has 1 aromatic heterocycles. The molecule has 4 nitrogen and oxygen atoms in total. The summed E-state index contributed by atoms with van der Waals surface area (Å²) in [6.07, 6.45) is 1.30. The second-order valence-corrected chi connectivity index (χ2v) is 2.90. The Morgan fingerprint density at radius 1 is 1.46 bits per heavy atom. The van der Waals surface area contributed by atoms with Crippen molar-refractivity contribution in [3.8, 4) is 0 Å². The number of nitrogens with two attached hydrogens (primary N) is 1. The number of nitrogens with zero attached hydrogens (tertiary/aromatic N) is 2. The van der Waals surface area contributed by atoms with Crippen LogP contribution in [-0.2, 0) is 7.05 Å². The van der Waals surface area contributed by atoms with Crippen LogP contribution in [0.1, 0.15) is 0 Å². The maximum atomic E-state index is 11.2. The molecule has 1 heterocycles. The van der Waals surface area contributed by atoms with Gasteiger partial charge in [-0.1, -0.05) is 0 Å². The van der Waals surface area contributed by atoms with Gasteiger partial charge in [0.05, 0.1) is 17.2 Å². The molecule has 1 aromatic carbocycles. The molecule has 0 fully saturated rings. The molecule has 2 rings (SSSR count). The number of aryl methyl sites for hydroxylation is 1. The van der Waals surface area contributed by atoms with Gasteiger partial charge in [0.25, 0.3) is 5.56 Å². The van der Waals surface area contributed by atoms with E-state index in [-0.39, 0.29) is 5.56 Å². The Bertz CT molecular complexity index is 516. The molecular weight excluding hydrogens is 166 g/mol. The van der Waals surface area contributed by atoms with Gasteiger partial charge in [-0.15, -0.1) is 0 Å². The molecule has 0 saturated carbocycles. The van der Waals surface area contributed by atoms with Crippen molar-refractivity contribution in [3.05, 3.63) is 34.7 Å². The molecule has 0 atom stereocenters. The first-order chi connectivity index (χ1) is 6.18. The normalized spacial score (nSPS) is 10.5. The van der Waals surface area contributed by atoms with Gasteiger partial charge in [-0.25, -0.2) is 4.98 Å². The summed E-state index contributed by atoms with van der Waals surface area (Å²) in [5, 5.41) is 0. The van der Waals surface area contributed by atoms with E-state index in [1.165, 1.54) is 10.8 Å². The monoisotopic (exact) mass is 175 g/mol. The van der Waals surface area contributed by atoms with Crippen LogP contribution in [0.15, 0.2) is 29.2 Å². The van der Waals surface area contributed by atoms with Gasteiger partial charge < -0.3 is 10.3 Å². The fraction of sp³-hybridized carbons (Fsp3) is 0.111. The van der Waals surface area contributed by atoms with Gasteiger partial charge in [-0.05, 0) is 18.2 Å². The minimum Gasteiger partial charge on any atom is -0.399 e. The second kappa shape index (κ2) is 2.58. The number of hydrogen-bond donors (Lipinski definition) is 1. The maximum Gasteiger partial charge on any atom is 0.269 e. The third-order valence-corrected chi connectivity index (χ3v) is 2.01. The maximum absolute atomic E-state index is 11.2. The Balaban J connectivity index is 2.97. The predicted molar refractivity (Wildman–Crippen MR) is 51.4 cm³/mol. The molecule has 0 radical (unpaired) electrons. The highest BCUT2D eigenvalue weighted by atomic mass is 16.1. The lowest BCUT2D eigenvalue weighted by molar-refractivity contribution is 0.892. The summed E-state index contributed by atoms with van der Waals surface area (Å²) in [6.45, 7) is 0. The van der Waals surface area contributed by atoms with Gasteiger partial charge >= 0.3 is 0 Å². The van der Waals surface area contributed by atoms with Gasteiger partial charge in [0.2, 0.25) is 0 Å². The minimum absolute atomic E-state index is 0.127. The van der Waals surface area contributed by atoms with E-state index in [9.17, 15) is 4.79 Å². The standard InChI is InChI=1S/C9H9N3O/c1-12-8-4-6(10)2-3-7(8)11-5-9(12)13/h2-5H,10H2,1H3. The van der Waals surface area contributed by atoms with Crippen LogP contribution in [0.4, 0.5) is 5.69 Å². The molecule has 66 valence electrons. The zero-order valence-corrected chi connectivity index (χ0v) is 7.19. The summed E-state index contributed by atoms with van der Waals surface area (Å²) in [7, 11) is 1.70. The molecule has 0 aliphatic carbocycles. The molecule has 0 saturated heterocycles. The molecule has 0 bridgehead atoms. The number of benzene rings is 1. The molecule has 4 heteroatoms. The van der Waals surface area contributed by atoms with Crippen LogP contribution in [-0.4, -0.2) is 9.55 Å². The lowest BCUT2D eigenvalue weighted by Crippen LogP contribution is -2.16. The van der Waals surface area contributed by atoms with Crippen LogP contribution in [0, 0.1) is 0 Å². The summed E-state index contributed by atoms with van der Waals surface area (Å²) in [6, 6.07) is 5.30. The van der Waals surface area contributed by atoms with E-state index < -0.39 is 0 Å². The lowest BCUT2D eigenvalue weighted by Gasteiger charge is -2.03. The smallest absolute Gasteiger partial charge is 0.269 e. The summed E-state index contributed by atoms with van der Waals surface area (Å²) in [4.78, 5) is 15.2. The zero-order valence-electron chi connectivity index (χ0n) is 7.19. The van der Waals surface area contributed by atoms with Gasteiger partial charge in [0.15, 0.2) is 0 Å². The molecule has 2 N–H and O–H groups in total. The summed E-state index contributed by atoms with van der Waals surface area (Å²) < 4.78 is 1.53. The minimum atomic E-state index is -0.127. The SMILES string of the molecule is Cn1c(=O)cnc2ccc(N)cc21. The molecule has 2 aromatic rings. The third kappa shape index (κ3) is 1.16. The van der Waals surface area contributed by atoms with Crippen LogP contribution in [0.2, 0.25) is 0 Å². The van der Waals surface area contributed by atoms with Crippen molar-refractivity contribution in [1.29, 1.82) is 0 Å². The Morgan fingerprint density at radius 2 is 2.23 bits per heavy atom. The van der Waals surface area contributed by atoms with E-state index in [0.29, 0.717) is 5.69 Å². The molecule has 0 aliphatic heterocycles. The van der Waals surface area contributed by atoms with Crippen LogP contribution in [0.25, 0.3) is 11.0 Å². The van der Waals surface area contributed by atoms with Crippen LogP contribution in [0.5, 0.6) is 0 Å². The Kier molecular flexibility index (Phi) is 1.55. The highest BCUT2D eigenvalue weighted by molar-refractivity contribution is 5.78. The summed E-state index contributed by atoms with van der Waals surface area (Å²) >= 11 is 0. The third-order valence-electron chi connectivity index (χ3n) is 2.01. The van der Waals surface area contributed by atoms with Gasteiger partial charge in [0, 0.05) is 12.7 Å². The topological polar surface area (TPSA) is 60.9 Å². The van der Waals surface area contributed by atoms with Gasteiger partial charge in [0.1, 0.15) is 0 Å². The van der Waals surface area contributed by atoms with Crippen molar-refractivity contribution >= 4 is 16.7 Å². The fourth-order valence-corrected chi connectivity index (χ4v) is 1.25. The van der Waals surface area contributed by atoms with Gasteiger partial charge in [-0.3, -0.25) is 4.79 Å². The van der Waals surface area contributed by atoms with E-state index in [4.69, 9.17) is 5.73 Å². The Labute approximate surface area is 74.6 Å². The highest BCUT2D eigenvalue weighted by Crippen LogP contribution is 2.12. The average molecular weight is 175 g/mol. The Hall–Kier alpha value is -1.84. The molecule has 0 amide bonds. The first-order valence-corrected chi connectivity index (χ1v) is 3.90. The van der Waals surface area contributed by atoms with E-state index >= 15 is 0 Å². The highest BCUT2D eigenvalue weighted by Gasteiger charge is 1.99. The van der Waals surface area contributed by atoms with E-state index in [0.717, 1.165) is 11.0 Å².